The van der Waals surface area contributed by atoms with E-state index in [1.807, 2.05) is 37.3 Å². The normalized spacial score (nSPS) is 26.3. The molecule has 0 radical (unpaired) electrons. The molecule has 1 aromatic heterocycles. The van der Waals surface area contributed by atoms with Crippen molar-refractivity contribution in [3.63, 3.8) is 0 Å². The maximum Gasteiger partial charge on any atom is 0.325 e. The Morgan fingerprint density at radius 3 is 2.80 bits per heavy atom. The number of amides is 3. The lowest BCUT2D eigenvalue weighted by Crippen LogP contribution is -2.53. The lowest BCUT2D eigenvalue weighted by molar-refractivity contribution is -0.134. The van der Waals surface area contributed by atoms with Crippen LogP contribution in [-0.2, 0) is 11.3 Å². The minimum absolute atomic E-state index is 0.0566. The van der Waals surface area contributed by atoms with Crippen molar-refractivity contribution in [1.82, 2.24) is 30.4 Å². The Bertz CT molecular complexity index is 804. The number of tetrazole rings is 1. The number of para-hydroxylation sites is 1. The molecular weight excluding hydrogens is 320 g/mol. The van der Waals surface area contributed by atoms with E-state index in [2.05, 4.69) is 20.8 Å². The van der Waals surface area contributed by atoms with Gasteiger partial charge in [0.05, 0.1) is 12.2 Å². The van der Waals surface area contributed by atoms with E-state index in [0.29, 0.717) is 12.2 Å². The Hall–Kier alpha value is -2.77. The van der Waals surface area contributed by atoms with Crippen LogP contribution in [0, 0.1) is 5.92 Å². The molecule has 1 aliphatic carbocycles. The summed E-state index contributed by atoms with van der Waals surface area (Å²) in [5, 5.41) is 14.6. The van der Waals surface area contributed by atoms with Crippen molar-refractivity contribution < 1.29 is 9.59 Å². The first-order valence-electron chi connectivity index (χ1n) is 8.58. The topological polar surface area (TPSA) is 93.0 Å². The highest BCUT2D eigenvalue weighted by molar-refractivity contribution is 6.07. The number of urea groups is 1. The Labute approximate surface area is 145 Å². The second-order valence-corrected chi connectivity index (χ2v) is 6.78. The highest BCUT2D eigenvalue weighted by Crippen LogP contribution is 2.38. The van der Waals surface area contributed by atoms with Gasteiger partial charge in [0.15, 0.2) is 5.82 Å². The molecule has 1 spiro atoms. The van der Waals surface area contributed by atoms with Gasteiger partial charge in [0, 0.05) is 0 Å². The van der Waals surface area contributed by atoms with Crippen molar-refractivity contribution in [1.29, 1.82) is 0 Å². The predicted molar refractivity (Wildman–Crippen MR) is 88.6 cm³/mol. The number of carbonyl (C=O) groups is 2. The van der Waals surface area contributed by atoms with Crippen molar-refractivity contribution in [2.75, 3.05) is 0 Å². The molecule has 1 N–H and O–H groups in total. The van der Waals surface area contributed by atoms with Crippen LogP contribution in [0.25, 0.3) is 5.69 Å². The minimum Gasteiger partial charge on any atom is -0.323 e. The molecule has 2 fully saturated rings. The van der Waals surface area contributed by atoms with Gasteiger partial charge in [0.25, 0.3) is 5.91 Å². The van der Waals surface area contributed by atoms with E-state index in [-0.39, 0.29) is 24.4 Å². The van der Waals surface area contributed by atoms with E-state index >= 15 is 0 Å². The molecule has 2 heterocycles. The first-order chi connectivity index (χ1) is 12.1. The first-order valence-corrected chi connectivity index (χ1v) is 8.58. The summed E-state index contributed by atoms with van der Waals surface area (Å²) >= 11 is 0. The van der Waals surface area contributed by atoms with Gasteiger partial charge >= 0.3 is 6.03 Å². The summed E-state index contributed by atoms with van der Waals surface area (Å²) in [6.45, 7) is 2.09. The predicted octanol–water partition coefficient (Wildman–Crippen LogP) is 1.66. The van der Waals surface area contributed by atoms with Crippen LogP contribution in [0.1, 0.15) is 38.4 Å². The zero-order chi connectivity index (χ0) is 17.4. The van der Waals surface area contributed by atoms with E-state index in [1.54, 1.807) is 4.68 Å². The van der Waals surface area contributed by atoms with Crippen molar-refractivity contribution in [3.05, 3.63) is 36.2 Å². The highest BCUT2D eigenvalue weighted by Gasteiger charge is 2.55. The number of nitrogens with zero attached hydrogens (tertiary/aromatic N) is 5. The first kappa shape index (κ1) is 15.7. The zero-order valence-corrected chi connectivity index (χ0v) is 14.1. The van der Waals surface area contributed by atoms with Crippen LogP contribution in [0.2, 0.25) is 0 Å². The molecule has 25 heavy (non-hydrogen) atoms. The van der Waals surface area contributed by atoms with Crippen molar-refractivity contribution in [3.8, 4) is 5.69 Å². The number of carbonyl (C=O) groups excluding carboxylic acids is 2. The van der Waals surface area contributed by atoms with E-state index in [0.717, 1.165) is 24.9 Å². The van der Waals surface area contributed by atoms with Gasteiger partial charge in [-0.1, -0.05) is 38.0 Å². The Morgan fingerprint density at radius 2 is 2.04 bits per heavy atom. The Morgan fingerprint density at radius 1 is 1.24 bits per heavy atom. The van der Waals surface area contributed by atoms with Gasteiger partial charge in [-0.2, -0.15) is 4.68 Å². The maximum absolute atomic E-state index is 13.0. The summed E-state index contributed by atoms with van der Waals surface area (Å²) in [6.07, 6.45) is 3.69. The monoisotopic (exact) mass is 340 g/mol. The number of benzene rings is 1. The highest BCUT2D eigenvalue weighted by atomic mass is 16.2. The summed E-state index contributed by atoms with van der Waals surface area (Å²) in [7, 11) is 0. The molecule has 130 valence electrons. The van der Waals surface area contributed by atoms with Crippen LogP contribution in [-0.4, -0.2) is 42.6 Å². The van der Waals surface area contributed by atoms with Gasteiger partial charge in [-0.15, -0.1) is 5.10 Å². The quantitative estimate of drug-likeness (QED) is 0.858. The van der Waals surface area contributed by atoms with Crippen LogP contribution < -0.4 is 5.32 Å². The van der Waals surface area contributed by atoms with Crippen LogP contribution in [0.15, 0.2) is 30.3 Å². The number of rotatable bonds is 3. The Kier molecular flexibility index (Phi) is 3.74. The van der Waals surface area contributed by atoms with Gasteiger partial charge in [-0.25, -0.2) is 4.79 Å². The number of aromatic nitrogens is 4. The number of hydrogen-bond acceptors (Lipinski definition) is 5. The summed E-state index contributed by atoms with van der Waals surface area (Å²) in [4.78, 5) is 26.8. The lowest BCUT2D eigenvalue weighted by atomic mass is 9.73. The van der Waals surface area contributed by atoms with Gasteiger partial charge in [0.2, 0.25) is 0 Å². The van der Waals surface area contributed by atoms with Gasteiger partial charge in [0.1, 0.15) is 5.54 Å². The molecule has 0 unspecified atom stereocenters. The molecule has 2 aliphatic rings. The Balaban J connectivity index is 1.61. The average molecular weight is 340 g/mol. The number of nitrogens with one attached hydrogen (secondary N) is 1. The van der Waals surface area contributed by atoms with E-state index < -0.39 is 5.54 Å². The third kappa shape index (κ3) is 2.48. The molecule has 8 nitrogen and oxygen atoms in total. The van der Waals surface area contributed by atoms with Crippen LogP contribution in [0.5, 0.6) is 0 Å². The fourth-order valence-corrected chi connectivity index (χ4v) is 3.85. The molecule has 2 atom stereocenters. The third-order valence-electron chi connectivity index (χ3n) is 5.34. The lowest BCUT2D eigenvalue weighted by Gasteiger charge is -2.36. The van der Waals surface area contributed by atoms with Gasteiger partial charge in [-0.3, -0.25) is 9.69 Å². The summed E-state index contributed by atoms with van der Waals surface area (Å²) in [6, 6.07) is 9.05. The van der Waals surface area contributed by atoms with E-state index in [9.17, 15) is 9.59 Å². The SMILES string of the molecule is C[C@@H]1CCCC[C@]12NC(=O)N(Cc1nnnn1-c1ccccc1)C2=O. The molecule has 3 amide bonds. The fraction of sp³-hybridized carbons (Fsp3) is 0.471. The van der Waals surface area contributed by atoms with Gasteiger partial charge < -0.3 is 5.32 Å². The third-order valence-corrected chi connectivity index (χ3v) is 5.34. The molecule has 8 heteroatoms. The molecule has 1 saturated carbocycles. The van der Waals surface area contributed by atoms with Crippen LogP contribution in [0.3, 0.4) is 0 Å². The zero-order valence-electron chi connectivity index (χ0n) is 14.1. The van der Waals surface area contributed by atoms with E-state index in [4.69, 9.17) is 0 Å². The molecular formula is C17H20N6O2. The number of imide groups is 1. The second-order valence-electron chi connectivity index (χ2n) is 6.78. The molecule has 1 aliphatic heterocycles. The standard InChI is InChI=1S/C17H20N6O2/c1-12-7-5-6-10-17(12)15(24)22(16(25)18-17)11-14-19-20-21-23(14)13-8-3-2-4-9-13/h2-4,8-9,12H,5-7,10-11H2,1H3,(H,18,25)/t12-,17+/m1/s1. The minimum atomic E-state index is -0.764. The maximum atomic E-state index is 13.0. The van der Waals surface area contributed by atoms with Crippen molar-refractivity contribution in [2.24, 2.45) is 5.92 Å². The average Bonchev–Trinajstić information content (AvgIpc) is 3.18. The van der Waals surface area contributed by atoms with Crippen molar-refractivity contribution in [2.45, 2.75) is 44.7 Å². The van der Waals surface area contributed by atoms with E-state index in [1.165, 1.54) is 4.90 Å². The number of hydrogen-bond donors (Lipinski definition) is 1. The summed E-state index contributed by atoms with van der Waals surface area (Å²) < 4.78 is 1.55. The molecule has 2 aromatic rings. The largest absolute Gasteiger partial charge is 0.325 e. The molecule has 1 aromatic carbocycles. The summed E-state index contributed by atoms with van der Waals surface area (Å²) in [5.41, 5.74) is 0.0238. The summed E-state index contributed by atoms with van der Waals surface area (Å²) in [5.74, 6) is 0.426. The fourth-order valence-electron chi connectivity index (χ4n) is 3.85. The van der Waals surface area contributed by atoms with Gasteiger partial charge in [-0.05, 0) is 41.3 Å². The smallest absolute Gasteiger partial charge is 0.323 e. The molecule has 4 rings (SSSR count). The van der Waals surface area contributed by atoms with Crippen molar-refractivity contribution >= 4 is 11.9 Å². The molecule has 1 saturated heterocycles. The second kappa shape index (κ2) is 5.94. The van der Waals surface area contributed by atoms with Crippen LogP contribution >= 0.6 is 0 Å². The molecule has 0 bridgehead atoms. The van der Waals surface area contributed by atoms with Crippen LogP contribution in [0.4, 0.5) is 4.79 Å².